The monoisotopic (exact) mass is 278 g/mol. The maximum absolute atomic E-state index is 12.4. The summed E-state index contributed by atoms with van der Waals surface area (Å²) in [6.07, 6.45) is 8.51. The lowest BCUT2D eigenvalue weighted by atomic mass is 9.81. The Hall–Kier alpha value is -1.06. The maximum Gasteiger partial charge on any atom is 0.245 e. The standard InChI is InChI=1S/C16H26N2O2/c1-11-3-2-4-12(9-11)7-8-18-10-14(19)17-15(16(18)20)13-5-6-13/h11-13,15H,2-10H2,1H3,(H,17,19). The molecule has 1 aliphatic heterocycles. The van der Waals surface area contributed by atoms with Crippen molar-refractivity contribution in [3.05, 3.63) is 0 Å². The van der Waals surface area contributed by atoms with Crippen LogP contribution in [0.3, 0.4) is 0 Å². The minimum absolute atomic E-state index is 0.0264. The van der Waals surface area contributed by atoms with Gasteiger partial charge in [-0.05, 0) is 43.4 Å². The van der Waals surface area contributed by atoms with E-state index in [0.29, 0.717) is 5.92 Å². The number of carbonyl (C=O) groups is 2. The SMILES string of the molecule is CC1CCCC(CCN2CC(=O)NC(C3CC3)C2=O)C1. The average Bonchev–Trinajstić information content (AvgIpc) is 3.24. The highest BCUT2D eigenvalue weighted by Gasteiger charge is 2.42. The number of hydrogen-bond acceptors (Lipinski definition) is 2. The normalized spacial score (nSPS) is 35.0. The minimum Gasteiger partial charge on any atom is -0.342 e. The maximum atomic E-state index is 12.4. The highest BCUT2D eigenvalue weighted by atomic mass is 16.2. The van der Waals surface area contributed by atoms with E-state index in [1.165, 1.54) is 25.7 Å². The topological polar surface area (TPSA) is 49.4 Å². The third-order valence-corrected chi connectivity index (χ3v) is 5.17. The van der Waals surface area contributed by atoms with Crippen LogP contribution in [0.4, 0.5) is 0 Å². The first-order valence-electron chi connectivity index (χ1n) is 8.21. The molecule has 1 N–H and O–H groups in total. The summed E-state index contributed by atoms with van der Waals surface area (Å²) in [5.41, 5.74) is 0. The fourth-order valence-electron chi connectivity index (χ4n) is 3.83. The van der Waals surface area contributed by atoms with Gasteiger partial charge in [0.2, 0.25) is 11.8 Å². The van der Waals surface area contributed by atoms with Crippen molar-refractivity contribution in [2.45, 2.75) is 57.9 Å². The lowest BCUT2D eigenvalue weighted by Crippen LogP contribution is -2.59. The van der Waals surface area contributed by atoms with Gasteiger partial charge in [0.1, 0.15) is 6.04 Å². The molecule has 1 saturated heterocycles. The van der Waals surface area contributed by atoms with Crippen LogP contribution in [0.15, 0.2) is 0 Å². The molecular weight excluding hydrogens is 252 g/mol. The molecule has 112 valence electrons. The first-order chi connectivity index (χ1) is 9.63. The van der Waals surface area contributed by atoms with E-state index in [-0.39, 0.29) is 24.4 Å². The van der Waals surface area contributed by atoms with Crippen LogP contribution in [-0.2, 0) is 9.59 Å². The quantitative estimate of drug-likeness (QED) is 0.854. The molecule has 3 aliphatic rings. The van der Waals surface area contributed by atoms with Crippen molar-refractivity contribution in [1.29, 1.82) is 0 Å². The van der Waals surface area contributed by atoms with Crippen molar-refractivity contribution < 1.29 is 9.59 Å². The van der Waals surface area contributed by atoms with Crippen LogP contribution in [0.1, 0.15) is 51.9 Å². The number of carbonyl (C=O) groups excluding carboxylic acids is 2. The fourth-order valence-corrected chi connectivity index (χ4v) is 3.83. The number of rotatable bonds is 4. The van der Waals surface area contributed by atoms with Gasteiger partial charge in [0, 0.05) is 6.54 Å². The first kappa shape index (κ1) is 13.9. The van der Waals surface area contributed by atoms with Gasteiger partial charge in [-0.3, -0.25) is 9.59 Å². The second kappa shape index (κ2) is 5.74. The van der Waals surface area contributed by atoms with Gasteiger partial charge in [-0.2, -0.15) is 0 Å². The summed E-state index contributed by atoms with van der Waals surface area (Å²) in [6.45, 7) is 3.37. The van der Waals surface area contributed by atoms with Crippen LogP contribution in [0.5, 0.6) is 0 Å². The summed E-state index contributed by atoms with van der Waals surface area (Å²) in [5.74, 6) is 2.17. The number of nitrogens with one attached hydrogen (secondary N) is 1. The van der Waals surface area contributed by atoms with Crippen molar-refractivity contribution in [2.75, 3.05) is 13.1 Å². The Balaban J connectivity index is 1.52. The van der Waals surface area contributed by atoms with Crippen LogP contribution < -0.4 is 5.32 Å². The van der Waals surface area contributed by atoms with E-state index in [9.17, 15) is 9.59 Å². The van der Waals surface area contributed by atoms with E-state index >= 15 is 0 Å². The molecule has 20 heavy (non-hydrogen) atoms. The molecule has 4 heteroatoms. The van der Waals surface area contributed by atoms with Crippen molar-refractivity contribution in [2.24, 2.45) is 17.8 Å². The molecule has 0 spiro atoms. The van der Waals surface area contributed by atoms with E-state index < -0.39 is 0 Å². The fraction of sp³-hybridized carbons (Fsp3) is 0.875. The smallest absolute Gasteiger partial charge is 0.245 e. The highest BCUT2D eigenvalue weighted by Crippen LogP contribution is 2.35. The molecule has 3 atom stereocenters. The van der Waals surface area contributed by atoms with Gasteiger partial charge in [0.15, 0.2) is 0 Å². The molecule has 2 saturated carbocycles. The molecule has 2 aliphatic carbocycles. The Morgan fingerprint density at radius 1 is 1.20 bits per heavy atom. The van der Waals surface area contributed by atoms with Crippen molar-refractivity contribution >= 4 is 11.8 Å². The van der Waals surface area contributed by atoms with Gasteiger partial charge in [0.25, 0.3) is 0 Å². The van der Waals surface area contributed by atoms with E-state index in [1.807, 2.05) is 0 Å². The van der Waals surface area contributed by atoms with Gasteiger partial charge in [-0.1, -0.05) is 26.2 Å². The van der Waals surface area contributed by atoms with Crippen LogP contribution in [0, 0.1) is 17.8 Å². The summed E-state index contributed by atoms with van der Waals surface area (Å²) in [6, 6.07) is -0.221. The number of nitrogens with zero attached hydrogens (tertiary/aromatic N) is 1. The summed E-state index contributed by atoms with van der Waals surface area (Å²) >= 11 is 0. The molecule has 0 aromatic carbocycles. The van der Waals surface area contributed by atoms with Gasteiger partial charge in [-0.25, -0.2) is 0 Å². The van der Waals surface area contributed by atoms with Crippen molar-refractivity contribution in [3.63, 3.8) is 0 Å². The predicted molar refractivity (Wildman–Crippen MR) is 77.0 cm³/mol. The number of hydrogen-bond donors (Lipinski definition) is 1. The molecule has 3 unspecified atom stereocenters. The summed E-state index contributed by atoms with van der Waals surface area (Å²) in [7, 11) is 0. The van der Waals surface area contributed by atoms with Crippen molar-refractivity contribution in [1.82, 2.24) is 10.2 Å². The van der Waals surface area contributed by atoms with E-state index in [0.717, 1.165) is 37.6 Å². The number of piperazine rings is 1. The Kier molecular flexibility index (Phi) is 3.99. The molecule has 0 aromatic heterocycles. The van der Waals surface area contributed by atoms with Crippen LogP contribution in [0.25, 0.3) is 0 Å². The molecule has 0 radical (unpaired) electrons. The zero-order chi connectivity index (χ0) is 14.1. The molecule has 1 heterocycles. The molecule has 3 fully saturated rings. The van der Waals surface area contributed by atoms with Crippen LogP contribution in [0.2, 0.25) is 0 Å². The summed E-state index contributed by atoms with van der Waals surface area (Å²) < 4.78 is 0. The van der Waals surface area contributed by atoms with Gasteiger partial charge in [0.05, 0.1) is 6.54 Å². The van der Waals surface area contributed by atoms with Crippen LogP contribution in [-0.4, -0.2) is 35.8 Å². The molecular formula is C16H26N2O2. The molecule has 4 nitrogen and oxygen atoms in total. The lowest BCUT2D eigenvalue weighted by molar-refractivity contribution is -0.145. The number of amides is 2. The average molecular weight is 278 g/mol. The highest BCUT2D eigenvalue weighted by molar-refractivity contribution is 5.95. The second-order valence-electron chi connectivity index (χ2n) is 7.07. The predicted octanol–water partition coefficient (Wildman–Crippen LogP) is 1.94. The summed E-state index contributed by atoms with van der Waals surface area (Å²) in [4.78, 5) is 26.0. The molecule has 3 rings (SSSR count). The van der Waals surface area contributed by atoms with Crippen molar-refractivity contribution in [3.8, 4) is 0 Å². The molecule has 0 bridgehead atoms. The third-order valence-electron chi connectivity index (χ3n) is 5.17. The zero-order valence-electron chi connectivity index (χ0n) is 12.4. The van der Waals surface area contributed by atoms with Gasteiger partial charge in [-0.15, -0.1) is 0 Å². The van der Waals surface area contributed by atoms with E-state index in [2.05, 4.69) is 12.2 Å². The molecule has 0 aromatic rings. The van der Waals surface area contributed by atoms with Gasteiger partial charge >= 0.3 is 0 Å². The van der Waals surface area contributed by atoms with Crippen LogP contribution >= 0.6 is 0 Å². The Labute approximate surface area is 121 Å². The Morgan fingerprint density at radius 2 is 2.00 bits per heavy atom. The largest absolute Gasteiger partial charge is 0.342 e. The second-order valence-corrected chi connectivity index (χ2v) is 7.07. The summed E-state index contributed by atoms with van der Waals surface area (Å²) in [5, 5.41) is 2.87. The Bertz CT molecular complexity index is 392. The third kappa shape index (κ3) is 3.15. The lowest BCUT2D eigenvalue weighted by Gasteiger charge is -2.34. The van der Waals surface area contributed by atoms with E-state index in [4.69, 9.17) is 0 Å². The molecule has 2 amide bonds. The first-order valence-corrected chi connectivity index (χ1v) is 8.21. The van der Waals surface area contributed by atoms with Gasteiger partial charge < -0.3 is 10.2 Å². The van der Waals surface area contributed by atoms with E-state index in [1.54, 1.807) is 4.90 Å². The zero-order valence-corrected chi connectivity index (χ0v) is 12.4. The Morgan fingerprint density at radius 3 is 2.70 bits per heavy atom. The minimum atomic E-state index is -0.221.